The van der Waals surface area contributed by atoms with Gasteiger partial charge in [-0.05, 0) is 50.2 Å². The lowest BCUT2D eigenvalue weighted by molar-refractivity contribution is -0.254. The number of aryl methyl sites for hydroxylation is 2. The highest BCUT2D eigenvalue weighted by atomic mass is 32.1. The molecule has 2 N–H and O–H groups in total. The van der Waals surface area contributed by atoms with E-state index < -0.39 is 28.9 Å². The van der Waals surface area contributed by atoms with Crippen molar-refractivity contribution in [2.75, 3.05) is 0 Å². The normalized spacial score (nSPS) is 19.2. The Kier molecular flexibility index (Phi) is 4.46. The topological polar surface area (TPSA) is 40.5 Å². The van der Waals surface area contributed by atoms with Gasteiger partial charge >= 0.3 is 17.8 Å². The molecule has 0 fully saturated rings. The minimum absolute atomic E-state index is 0.0748. The van der Waals surface area contributed by atoms with Crippen LogP contribution in [0.4, 0.5) is 26.3 Å². The zero-order chi connectivity index (χ0) is 24.1. The molecule has 2 aromatic carbocycles. The van der Waals surface area contributed by atoms with Gasteiger partial charge in [-0.1, -0.05) is 0 Å². The molecule has 2 heterocycles. The molecular formula is C23H14F6O2S2. The molecule has 0 radical (unpaired) electrons. The van der Waals surface area contributed by atoms with Crippen molar-refractivity contribution in [3.05, 3.63) is 57.3 Å². The number of hydrogen-bond donors (Lipinski definition) is 2. The summed E-state index contributed by atoms with van der Waals surface area (Å²) in [5.74, 6) is -16.3. The Morgan fingerprint density at radius 3 is 1.36 bits per heavy atom. The minimum atomic E-state index is -5.67. The average molecular weight is 500 g/mol. The van der Waals surface area contributed by atoms with Gasteiger partial charge in [0.2, 0.25) is 0 Å². The smallest absolute Gasteiger partial charge is 0.380 e. The van der Waals surface area contributed by atoms with E-state index in [9.17, 15) is 19.0 Å². The number of fused-ring (bicyclic) bond motifs is 2. The van der Waals surface area contributed by atoms with Crippen LogP contribution in [-0.2, 0) is 0 Å². The van der Waals surface area contributed by atoms with E-state index in [0.717, 1.165) is 22.7 Å². The first-order chi connectivity index (χ1) is 15.3. The molecule has 4 aromatic rings. The van der Waals surface area contributed by atoms with Gasteiger partial charge in [0, 0.05) is 52.2 Å². The van der Waals surface area contributed by atoms with Crippen molar-refractivity contribution in [1.29, 1.82) is 0 Å². The fraction of sp³-hybridized carbons (Fsp3) is 0.217. The standard InChI is InChI=1S/C23H14F6O2S2/c1-9-17(13-5-3-11(30)7-15(13)32-9)19-20(22(26,27)23(28,29)21(19,24)25)18-10(2)33-16-8-12(31)4-6-14(16)18/h3-8,30-31H,1-2H3. The Morgan fingerprint density at radius 1 is 0.636 bits per heavy atom. The highest BCUT2D eigenvalue weighted by Crippen LogP contribution is 2.67. The monoisotopic (exact) mass is 500 g/mol. The first-order valence-corrected chi connectivity index (χ1v) is 11.3. The fourth-order valence-electron chi connectivity index (χ4n) is 4.43. The summed E-state index contributed by atoms with van der Waals surface area (Å²) in [4.78, 5) is 0.289. The molecule has 0 saturated heterocycles. The van der Waals surface area contributed by atoms with E-state index in [4.69, 9.17) is 0 Å². The SMILES string of the molecule is Cc1sc2cc(O)ccc2c1C1=C(c2c(C)sc3cc(O)ccc23)C(F)(F)C(F)(F)C1(F)F. The van der Waals surface area contributed by atoms with Gasteiger partial charge in [-0.3, -0.25) is 0 Å². The number of phenols is 2. The Balaban J connectivity index is 1.98. The maximum atomic E-state index is 15.3. The summed E-state index contributed by atoms with van der Waals surface area (Å²) in [6, 6.07) is 7.44. The van der Waals surface area contributed by atoms with Gasteiger partial charge in [0.05, 0.1) is 0 Å². The van der Waals surface area contributed by atoms with E-state index in [2.05, 4.69) is 0 Å². The van der Waals surface area contributed by atoms with Crippen molar-refractivity contribution in [3.63, 3.8) is 0 Å². The van der Waals surface area contributed by atoms with Crippen LogP contribution in [0.2, 0.25) is 0 Å². The Morgan fingerprint density at radius 2 is 1.00 bits per heavy atom. The molecule has 1 aliphatic rings. The van der Waals surface area contributed by atoms with E-state index in [0.29, 0.717) is 9.40 Å². The molecule has 0 atom stereocenters. The number of thiophene rings is 2. The Labute approximate surface area is 191 Å². The number of allylic oxidation sites excluding steroid dienone is 2. The highest BCUT2D eigenvalue weighted by Gasteiger charge is 2.80. The predicted octanol–water partition coefficient (Wildman–Crippen LogP) is 7.97. The average Bonchev–Trinajstić information content (AvgIpc) is 3.22. The summed E-state index contributed by atoms with van der Waals surface area (Å²) < 4.78 is 91.3. The van der Waals surface area contributed by atoms with Crippen molar-refractivity contribution in [2.45, 2.75) is 31.6 Å². The van der Waals surface area contributed by atoms with Gasteiger partial charge in [0.15, 0.2) is 0 Å². The largest absolute Gasteiger partial charge is 0.508 e. The van der Waals surface area contributed by atoms with E-state index in [1.54, 1.807) is 0 Å². The van der Waals surface area contributed by atoms with Crippen LogP contribution in [-0.4, -0.2) is 28.0 Å². The number of rotatable bonds is 2. The number of alkyl halides is 6. The van der Waals surface area contributed by atoms with Gasteiger partial charge in [0.25, 0.3) is 0 Å². The summed E-state index contributed by atoms with van der Waals surface area (Å²) in [5.41, 5.74) is -3.60. The van der Waals surface area contributed by atoms with Gasteiger partial charge in [-0.2, -0.15) is 26.3 Å². The molecule has 0 aliphatic heterocycles. The number of phenolic OH excluding ortho intramolecular Hbond substituents is 2. The predicted molar refractivity (Wildman–Crippen MR) is 118 cm³/mol. The van der Waals surface area contributed by atoms with Crippen LogP contribution >= 0.6 is 22.7 Å². The first-order valence-electron chi connectivity index (χ1n) is 9.62. The lowest BCUT2D eigenvalue weighted by Gasteiger charge is -2.26. The zero-order valence-corrected chi connectivity index (χ0v) is 18.6. The summed E-state index contributed by atoms with van der Waals surface area (Å²) in [6.07, 6.45) is 0. The van der Waals surface area contributed by atoms with E-state index in [1.807, 2.05) is 0 Å². The maximum absolute atomic E-state index is 15.3. The second kappa shape index (κ2) is 6.66. The van der Waals surface area contributed by atoms with Crippen molar-refractivity contribution in [3.8, 4) is 11.5 Å². The van der Waals surface area contributed by atoms with Crippen LogP contribution < -0.4 is 0 Å². The maximum Gasteiger partial charge on any atom is 0.380 e. The molecule has 2 nitrogen and oxygen atoms in total. The molecule has 0 spiro atoms. The highest BCUT2D eigenvalue weighted by molar-refractivity contribution is 7.19. The molecular weight excluding hydrogens is 486 g/mol. The van der Waals surface area contributed by atoms with E-state index in [-0.39, 0.29) is 43.2 Å². The van der Waals surface area contributed by atoms with E-state index in [1.165, 1.54) is 50.2 Å². The first kappa shape index (κ1) is 22.1. The Hall–Kier alpha value is -2.72. The van der Waals surface area contributed by atoms with Crippen LogP contribution in [0.1, 0.15) is 20.9 Å². The van der Waals surface area contributed by atoms with Crippen LogP contribution in [0.15, 0.2) is 36.4 Å². The molecule has 1 aliphatic carbocycles. The second-order valence-electron chi connectivity index (χ2n) is 7.90. The number of aromatic hydroxyl groups is 2. The lowest BCUT2D eigenvalue weighted by Crippen LogP contribution is -2.48. The van der Waals surface area contributed by atoms with Crippen LogP contribution in [0.25, 0.3) is 31.3 Å². The second-order valence-corrected chi connectivity index (χ2v) is 10.4. The third-order valence-electron chi connectivity index (χ3n) is 5.87. The molecule has 5 rings (SSSR count). The number of halogens is 6. The summed E-state index contributed by atoms with van der Waals surface area (Å²) >= 11 is 1.88. The van der Waals surface area contributed by atoms with Crippen LogP contribution in [0.3, 0.4) is 0 Å². The van der Waals surface area contributed by atoms with Gasteiger partial charge in [-0.15, -0.1) is 22.7 Å². The number of hydrogen-bond acceptors (Lipinski definition) is 4. The molecule has 10 heteroatoms. The van der Waals surface area contributed by atoms with Crippen LogP contribution in [0, 0.1) is 13.8 Å². The molecule has 0 amide bonds. The van der Waals surface area contributed by atoms with Crippen molar-refractivity contribution in [2.24, 2.45) is 0 Å². The minimum Gasteiger partial charge on any atom is -0.508 e. The zero-order valence-electron chi connectivity index (χ0n) is 16.9. The number of benzene rings is 2. The van der Waals surface area contributed by atoms with Crippen molar-refractivity contribution in [1.82, 2.24) is 0 Å². The third-order valence-corrected chi connectivity index (χ3v) is 8.00. The molecule has 0 bridgehead atoms. The summed E-state index contributed by atoms with van der Waals surface area (Å²) in [5, 5.41) is 19.6. The summed E-state index contributed by atoms with van der Waals surface area (Å²) in [6.45, 7) is 2.78. The van der Waals surface area contributed by atoms with Crippen LogP contribution in [0.5, 0.6) is 11.5 Å². The van der Waals surface area contributed by atoms with Crippen molar-refractivity contribution >= 4 is 54.0 Å². The van der Waals surface area contributed by atoms with Crippen molar-refractivity contribution < 1.29 is 36.6 Å². The molecule has 33 heavy (non-hydrogen) atoms. The fourth-order valence-corrected chi connectivity index (χ4v) is 6.63. The lowest BCUT2D eigenvalue weighted by atomic mass is 9.91. The molecule has 2 aromatic heterocycles. The quantitative estimate of drug-likeness (QED) is 0.274. The van der Waals surface area contributed by atoms with Gasteiger partial charge < -0.3 is 10.2 Å². The van der Waals surface area contributed by atoms with E-state index >= 15 is 17.6 Å². The molecule has 0 unspecified atom stereocenters. The molecule has 172 valence electrons. The molecule has 0 saturated carbocycles. The third kappa shape index (κ3) is 2.73. The van der Waals surface area contributed by atoms with Gasteiger partial charge in [-0.25, -0.2) is 0 Å². The Bertz CT molecular complexity index is 1390. The summed E-state index contributed by atoms with van der Waals surface area (Å²) in [7, 11) is 0. The van der Waals surface area contributed by atoms with Gasteiger partial charge in [0.1, 0.15) is 11.5 Å².